The molecule has 0 amide bonds. The van der Waals surface area contributed by atoms with Gasteiger partial charge in [0, 0.05) is 31.1 Å². The summed E-state index contributed by atoms with van der Waals surface area (Å²) in [5, 5.41) is 4.69. The van der Waals surface area contributed by atoms with Gasteiger partial charge >= 0.3 is 6.18 Å². The van der Waals surface area contributed by atoms with Crippen LogP contribution in [0.15, 0.2) is 49.1 Å². The van der Waals surface area contributed by atoms with Crippen LogP contribution in [0.2, 0.25) is 0 Å². The molecule has 7 nitrogen and oxygen atoms in total. The summed E-state index contributed by atoms with van der Waals surface area (Å²) in [6.45, 7) is 0.559. The molecule has 4 aromatic rings. The van der Waals surface area contributed by atoms with E-state index >= 15 is 0 Å². The molecule has 4 aromatic heterocycles. The van der Waals surface area contributed by atoms with Gasteiger partial charge in [-0.2, -0.15) is 18.3 Å². The van der Waals surface area contributed by atoms with Crippen molar-refractivity contribution in [2.24, 2.45) is 0 Å². The van der Waals surface area contributed by atoms with Crippen LogP contribution in [0, 0.1) is 0 Å². The van der Waals surface area contributed by atoms with Gasteiger partial charge in [-0.15, -0.1) is 0 Å². The highest BCUT2D eigenvalue weighted by molar-refractivity contribution is 5.62. The predicted molar refractivity (Wildman–Crippen MR) is 102 cm³/mol. The van der Waals surface area contributed by atoms with Gasteiger partial charge in [0.05, 0.1) is 30.4 Å². The molecule has 0 fully saturated rings. The average Bonchev–Trinajstić information content (AvgIpc) is 3.39. The first kappa shape index (κ1) is 18.5. The molecule has 1 aliphatic rings. The van der Waals surface area contributed by atoms with Gasteiger partial charge in [-0.1, -0.05) is 0 Å². The number of imidazole rings is 1. The van der Waals surface area contributed by atoms with Crippen LogP contribution in [0.25, 0.3) is 5.52 Å². The Morgan fingerprint density at radius 2 is 2.07 bits per heavy atom. The van der Waals surface area contributed by atoms with E-state index in [1.165, 1.54) is 6.07 Å². The smallest absolute Gasteiger partial charge is 0.417 e. The molecule has 5 rings (SSSR count). The average molecular weight is 414 g/mol. The number of alkyl halides is 3. The van der Waals surface area contributed by atoms with E-state index in [0.717, 1.165) is 29.2 Å². The molecule has 0 saturated heterocycles. The number of pyridine rings is 2. The lowest BCUT2D eigenvalue weighted by molar-refractivity contribution is -0.137. The topological polar surface area (TPSA) is 71.3 Å². The first-order valence-corrected chi connectivity index (χ1v) is 9.30. The number of aromatic nitrogens is 5. The van der Waals surface area contributed by atoms with Crippen LogP contribution < -0.4 is 9.64 Å². The summed E-state index contributed by atoms with van der Waals surface area (Å²) < 4.78 is 46.0. The monoisotopic (exact) mass is 414 g/mol. The Bertz CT molecular complexity index is 1200. The zero-order valence-corrected chi connectivity index (χ0v) is 15.9. The van der Waals surface area contributed by atoms with Crippen molar-refractivity contribution < 1.29 is 17.9 Å². The van der Waals surface area contributed by atoms with Crippen molar-refractivity contribution in [3.63, 3.8) is 0 Å². The Morgan fingerprint density at radius 3 is 2.80 bits per heavy atom. The van der Waals surface area contributed by atoms with E-state index in [9.17, 15) is 13.2 Å². The van der Waals surface area contributed by atoms with Gasteiger partial charge in [0.25, 0.3) is 0 Å². The number of hydrogen-bond donors (Lipinski definition) is 1. The van der Waals surface area contributed by atoms with Gasteiger partial charge in [0.2, 0.25) is 0 Å². The number of aromatic amines is 1. The van der Waals surface area contributed by atoms with E-state index in [1.807, 2.05) is 29.3 Å². The van der Waals surface area contributed by atoms with Crippen LogP contribution in [0.1, 0.15) is 28.7 Å². The molecule has 10 heteroatoms. The summed E-state index contributed by atoms with van der Waals surface area (Å²) >= 11 is 0. The largest absolute Gasteiger partial charge is 0.494 e. The van der Waals surface area contributed by atoms with E-state index in [0.29, 0.717) is 30.2 Å². The van der Waals surface area contributed by atoms with E-state index in [1.54, 1.807) is 18.0 Å². The maximum Gasteiger partial charge on any atom is 0.417 e. The molecule has 0 spiro atoms. The lowest BCUT2D eigenvalue weighted by Gasteiger charge is -2.34. The summed E-state index contributed by atoms with van der Waals surface area (Å²) in [4.78, 5) is 13.6. The van der Waals surface area contributed by atoms with Gasteiger partial charge < -0.3 is 14.6 Å². The van der Waals surface area contributed by atoms with Crippen LogP contribution in [0.5, 0.6) is 5.75 Å². The fourth-order valence-electron chi connectivity index (χ4n) is 3.86. The molecule has 0 aromatic carbocycles. The van der Waals surface area contributed by atoms with Gasteiger partial charge in [0.15, 0.2) is 0 Å². The maximum absolute atomic E-state index is 13.0. The normalized spacial score (nSPS) is 16.7. The van der Waals surface area contributed by atoms with Crippen molar-refractivity contribution in [2.45, 2.75) is 18.6 Å². The van der Waals surface area contributed by atoms with Crippen LogP contribution in [-0.4, -0.2) is 38.2 Å². The Hall–Kier alpha value is -3.56. The number of halogens is 3. The SMILES string of the molecule is COc1cccn2nc(C3c4nc[nH]c4CCN3c3ccc(C(F)(F)F)cn3)cc12. The Morgan fingerprint density at radius 1 is 1.20 bits per heavy atom. The molecule has 1 aliphatic heterocycles. The van der Waals surface area contributed by atoms with Crippen molar-refractivity contribution in [1.82, 2.24) is 24.6 Å². The van der Waals surface area contributed by atoms with Crippen molar-refractivity contribution in [3.05, 3.63) is 71.7 Å². The molecule has 0 saturated carbocycles. The summed E-state index contributed by atoms with van der Waals surface area (Å²) in [5.74, 6) is 1.11. The molecule has 1 atom stereocenters. The lowest BCUT2D eigenvalue weighted by Crippen LogP contribution is -2.37. The molecule has 0 aliphatic carbocycles. The fourth-order valence-corrected chi connectivity index (χ4v) is 3.86. The molecule has 1 N–H and O–H groups in total. The molecular formula is C20H17F3N6O. The third kappa shape index (κ3) is 2.95. The highest BCUT2D eigenvalue weighted by atomic mass is 19.4. The highest BCUT2D eigenvalue weighted by Crippen LogP contribution is 2.37. The van der Waals surface area contributed by atoms with Crippen LogP contribution in [0.3, 0.4) is 0 Å². The van der Waals surface area contributed by atoms with Gasteiger partial charge in [-0.25, -0.2) is 14.5 Å². The van der Waals surface area contributed by atoms with Crippen molar-refractivity contribution in [2.75, 3.05) is 18.6 Å². The molecule has 154 valence electrons. The number of nitrogens with one attached hydrogen (secondary N) is 1. The number of H-pyrrole nitrogens is 1. The van der Waals surface area contributed by atoms with Crippen LogP contribution >= 0.6 is 0 Å². The number of rotatable bonds is 3. The standard InChI is InChI=1S/C20H17F3N6O/c1-30-16-3-2-7-29-15(16)9-14(27-29)19-18-13(25-11-26-18)6-8-28(19)17-5-4-12(10-24-17)20(21,22)23/h2-5,7,9-11,19H,6,8H2,1H3,(H,25,26). The number of fused-ring (bicyclic) bond motifs is 2. The minimum atomic E-state index is -4.43. The highest BCUT2D eigenvalue weighted by Gasteiger charge is 2.35. The number of anilines is 1. The van der Waals surface area contributed by atoms with E-state index in [4.69, 9.17) is 4.74 Å². The Kier molecular flexibility index (Phi) is 4.16. The first-order valence-electron chi connectivity index (χ1n) is 9.30. The summed E-state index contributed by atoms with van der Waals surface area (Å²) in [5.41, 5.74) is 2.47. The van der Waals surface area contributed by atoms with Crippen molar-refractivity contribution >= 4 is 11.3 Å². The van der Waals surface area contributed by atoms with Crippen molar-refractivity contribution in [3.8, 4) is 5.75 Å². The zero-order valence-electron chi connectivity index (χ0n) is 15.9. The fraction of sp³-hybridized carbons (Fsp3) is 0.250. The van der Waals surface area contributed by atoms with Crippen LogP contribution in [0.4, 0.5) is 19.0 Å². The predicted octanol–water partition coefficient (Wildman–Crippen LogP) is 3.63. The zero-order chi connectivity index (χ0) is 20.9. The third-order valence-electron chi connectivity index (χ3n) is 5.28. The number of methoxy groups -OCH3 is 1. The molecule has 1 unspecified atom stereocenters. The van der Waals surface area contributed by atoms with E-state index in [2.05, 4.69) is 20.1 Å². The van der Waals surface area contributed by atoms with Gasteiger partial charge in [-0.3, -0.25) is 0 Å². The second-order valence-electron chi connectivity index (χ2n) is 6.99. The lowest BCUT2D eigenvalue weighted by atomic mass is 9.99. The quantitative estimate of drug-likeness (QED) is 0.554. The minimum Gasteiger partial charge on any atom is -0.494 e. The van der Waals surface area contributed by atoms with Gasteiger partial charge in [-0.05, 0) is 30.3 Å². The Balaban J connectivity index is 1.61. The molecule has 0 radical (unpaired) electrons. The summed E-state index contributed by atoms with van der Waals surface area (Å²) in [6.07, 6.45) is 0.540. The van der Waals surface area contributed by atoms with Gasteiger partial charge in [0.1, 0.15) is 23.1 Å². The first-order chi connectivity index (χ1) is 14.5. The summed E-state index contributed by atoms with van der Waals surface area (Å²) in [7, 11) is 1.59. The number of nitrogens with zero attached hydrogens (tertiary/aromatic N) is 5. The molecule has 5 heterocycles. The second kappa shape index (κ2) is 6.75. The maximum atomic E-state index is 13.0. The number of ether oxygens (including phenoxy) is 1. The Labute approximate surface area is 169 Å². The molecule has 0 bridgehead atoms. The molecule has 30 heavy (non-hydrogen) atoms. The molecular weight excluding hydrogens is 397 g/mol. The van der Waals surface area contributed by atoms with E-state index in [-0.39, 0.29) is 0 Å². The van der Waals surface area contributed by atoms with E-state index < -0.39 is 17.8 Å². The van der Waals surface area contributed by atoms with Crippen LogP contribution in [-0.2, 0) is 12.6 Å². The summed E-state index contributed by atoms with van der Waals surface area (Å²) in [6, 6.07) is 7.63. The minimum absolute atomic E-state index is 0.395. The third-order valence-corrected chi connectivity index (χ3v) is 5.28. The van der Waals surface area contributed by atoms with Crippen molar-refractivity contribution in [1.29, 1.82) is 0 Å². The number of hydrogen-bond acceptors (Lipinski definition) is 5. The second-order valence-corrected chi connectivity index (χ2v) is 6.99.